The van der Waals surface area contributed by atoms with Crippen LogP contribution in [0.15, 0.2) is 6.07 Å². The zero-order valence-electron chi connectivity index (χ0n) is 12.0. The smallest absolute Gasteiger partial charge is 0.0597 e. The van der Waals surface area contributed by atoms with Crippen LogP contribution in [-0.4, -0.2) is 27.9 Å². The minimum Gasteiger partial charge on any atom is -0.311 e. The zero-order chi connectivity index (χ0) is 13.1. The van der Waals surface area contributed by atoms with Crippen LogP contribution in [-0.2, 0) is 13.6 Å². The summed E-state index contributed by atoms with van der Waals surface area (Å²) >= 11 is 0. The minimum atomic E-state index is 0.180. The minimum absolute atomic E-state index is 0.180. The first kappa shape index (κ1) is 14.2. The highest BCUT2D eigenvalue weighted by Gasteiger charge is 2.11. The first-order valence-electron chi connectivity index (χ1n) is 6.26. The van der Waals surface area contributed by atoms with Gasteiger partial charge in [0.1, 0.15) is 0 Å². The Morgan fingerprint density at radius 2 is 2.06 bits per heavy atom. The summed E-state index contributed by atoms with van der Waals surface area (Å²) in [4.78, 5) is 0. The van der Waals surface area contributed by atoms with E-state index < -0.39 is 0 Å². The van der Waals surface area contributed by atoms with Gasteiger partial charge in [0.15, 0.2) is 0 Å². The number of hydrogen-bond acceptors (Lipinski definition) is 3. The molecule has 0 amide bonds. The molecular weight excluding hydrogens is 212 g/mol. The summed E-state index contributed by atoms with van der Waals surface area (Å²) in [6, 6.07) is 2.57. The largest absolute Gasteiger partial charge is 0.311 e. The molecule has 0 aliphatic heterocycles. The van der Waals surface area contributed by atoms with Crippen molar-refractivity contribution >= 4 is 0 Å². The van der Waals surface area contributed by atoms with Crippen molar-refractivity contribution in [1.82, 2.24) is 20.4 Å². The fourth-order valence-electron chi connectivity index (χ4n) is 1.64. The number of aryl methyl sites for hydroxylation is 2. The van der Waals surface area contributed by atoms with Crippen molar-refractivity contribution < 1.29 is 0 Å². The lowest BCUT2D eigenvalue weighted by atomic mass is 10.1. The van der Waals surface area contributed by atoms with Crippen LogP contribution in [0.5, 0.6) is 0 Å². The quantitative estimate of drug-likeness (QED) is 0.818. The van der Waals surface area contributed by atoms with E-state index >= 15 is 0 Å². The topological polar surface area (TPSA) is 41.9 Å². The molecule has 0 fully saturated rings. The Bertz CT molecular complexity index is 349. The fourth-order valence-corrected chi connectivity index (χ4v) is 1.64. The van der Waals surface area contributed by atoms with Crippen LogP contribution in [0.3, 0.4) is 0 Å². The van der Waals surface area contributed by atoms with Crippen molar-refractivity contribution in [1.29, 1.82) is 0 Å². The molecule has 0 saturated carbocycles. The summed E-state index contributed by atoms with van der Waals surface area (Å²) in [5.74, 6) is 0. The van der Waals surface area contributed by atoms with Crippen LogP contribution in [0.2, 0.25) is 0 Å². The monoisotopic (exact) mass is 238 g/mol. The molecule has 4 nitrogen and oxygen atoms in total. The van der Waals surface area contributed by atoms with Gasteiger partial charge in [0.05, 0.1) is 11.4 Å². The predicted octanol–water partition coefficient (Wildman–Crippen LogP) is 1.59. The molecule has 1 atom stereocenters. The maximum absolute atomic E-state index is 4.34. The van der Waals surface area contributed by atoms with E-state index in [2.05, 4.69) is 49.5 Å². The molecule has 0 radical (unpaired) electrons. The molecule has 0 aromatic carbocycles. The third-order valence-corrected chi connectivity index (χ3v) is 2.67. The van der Waals surface area contributed by atoms with Gasteiger partial charge in [-0.2, -0.15) is 5.10 Å². The van der Waals surface area contributed by atoms with Crippen molar-refractivity contribution in [3.8, 4) is 0 Å². The number of nitrogens with one attached hydrogen (secondary N) is 2. The third kappa shape index (κ3) is 5.33. The Hall–Kier alpha value is -0.870. The van der Waals surface area contributed by atoms with Gasteiger partial charge < -0.3 is 10.6 Å². The van der Waals surface area contributed by atoms with Crippen LogP contribution in [0.4, 0.5) is 0 Å². The molecular formula is C13H26N4. The van der Waals surface area contributed by atoms with E-state index in [1.54, 1.807) is 0 Å². The molecule has 0 saturated heterocycles. The van der Waals surface area contributed by atoms with Crippen LogP contribution in [0.25, 0.3) is 0 Å². The second kappa shape index (κ2) is 5.65. The molecule has 2 N–H and O–H groups in total. The van der Waals surface area contributed by atoms with Crippen molar-refractivity contribution in [2.45, 2.75) is 52.7 Å². The molecule has 0 aliphatic carbocycles. The number of rotatable bonds is 5. The third-order valence-electron chi connectivity index (χ3n) is 2.67. The normalized spacial score (nSPS) is 14.0. The molecule has 0 aliphatic rings. The lowest BCUT2D eigenvalue weighted by molar-refractivity contribution is 0.385. The van der Waals surface area contributed by atoms with Crippen molar-refractivity contribution in [3.63, 3.8) is 0 Å². The van der Waals surface area contributed by atoms with E-state index in [1.807, 2.05) is 18.7 Å². The van der Waals surface area contributed by atoms with E-state index in [-0.39, 0.29) is 5.54 Å². The lowest BCUT2D eigenvalue weighted by Gasteiger charge is -2.24. The fraction of sp³-hybridized carbons (Fsp3) is 0.769. The van der Waals surface area contributed by atoms with Gasteiger partial charge in [0.2, 0.25) is 0 Å². The van der Waals surface area contributed by atoms with Gasteiger partial charge in [-0.25, -0.2) is 0 Å². The molecule has 1 unspecified atom stereocenters. The molecule has 1 aromatic heterocycles. The average molecular weight is 238 g/mol. The highest BCUT2D eigenvalue weighted by molar-refractivity contribution is 5.08. The molecule has 0 bridgehead atoms. The first-order chi connectivity index (χ1) is 7.78. The Balaban J connectivity index is 2.33. The van der Waals surface area contributed by atoms with E-state index in [9.17, 15) is 0 Å². The molecule has 4 heteroatoms. The first-order valence-corrected chi connectivity index (χ1v) is 6.26. The average Bonchev–Trinajstić information content (AvgIpc) is 2.50. The SMILES string of the molecule is Cc1cc(CNC(C)CNC(C)(C)C)n(C)n1. The van der Waals surface area contributed by atoms with Crippen LogP contribution in [0, 0.1) is 6.92 Å². The lowest BCUT2D eigenvalue weighted by Crippen LogP contribution is -2.44. The number of aromatic nitrogens is 2. The van der Waals surface area contributed by atoms with E-state index in [4.69, 9.17) is 0 Å². The molecule has 1 rings (SSSR count). The van der Waals surface area contributed by atoms with Crippen LogP contribution >= 0.6 is 0 Å². The van der Waals surface area contributed by atoms with Gasteiger partial charge >= 0.3 is 0 Å². The van der Waals surface area contributed by atoms with E-state index in [0.717, 1.165) is 18.8 Å². The Kier molecular flexibility index (Phi) is 4.71. The molecule has 17 heavy (non-hydrogen) atoms. The van der Waals surface area contributed by atoms with Gasteiger partial charge in [-0.15, -0.1) is 0 Å². The summed E-state index contributed by atoms with van der Waals surface area (Å²) < 4.78 is 1.94. The summed E-state index contributed by atoms with van der Waals surface area (Å²) in [7, 11) is 1.99. The Morgan fingerprint density at radius 3 is 2.53 bits per heavy atom. The van der Waals surface area contributed by atoms with Crippen LogP contribution in [0.1, 0.15) is 39.1 Å². The predicted molar refractivity (Wildman–Crippen MR) is 72.0 cm³/mol. The maximum Gasteiger partial charge on any atom is 0.0597 e. The summed E-state index contributed by atoms with van der Waals surface area (Å²) in [5, 5.41) is 11.3. The van der Waals surface area contributed by atoms with Crippen molar-refractivity contribution in [3.05, 3.63) is 17.5 Å². The molecule has 1 heterocycles. The van der Waals surface area contributed by atoms with E-state index in [1.165, 1.54) is 5.69 Å². The zero-order valence-corrected chi connectivity index (χ0v) is 12.0. The standard InChI is InChI=1S/C13H26N4/c1-10-7-12(17(6)16-10)9-14-11(2)8-15-13(3,4)5/h7,11,14-15H,8-9H2,1-6H3. The Labute approximate surface area is 105 Å². The van der Waals surface area contributed by atoms with E-state index in [0.29, 0.717) is 6.04 Å². The van der Waals surface area contributed by atoms with Gasteiger partial charge in [0.25, 0.3) is 0 Å². The van der Waals surface area contributed by atoms with Gasteiger partial charge in [0, 0.05) is 31.7 Å². The number of nitrogens with zero attached hydrogens (tertiary/aromatic N) is 2. The van der Waals surface area contributed by atoms with Crippen molar-refractivity contribution in [2.24, 2.45) is 7.05 Å². The Morgan fingerprint density at radius 1 is 1.41 bits per heavy atom. The second-order valence-electron chi connectivity index (χ2n) is 5.81. The summed E-state index contributed by atoms with van der Waals surface area (Å²) in [6.45, 7) is 12.6. The molecule has 98 valence electrons. The molecule has 0 spiro atoms. The second-order valence-corrected chi connectivity index (χ2v) is 5.81. The highest BCUT2D eigenvalue weighted by Crippen LogP contribution is 2.02. The van der Waals surface area contributed by atoms with Gasteiger partial charge in [-0.05, 0) is 40.7 Å². The summed E-state index contributed by atoms with van der Waals surface area (Å²) in [5.41, 5.74) is 2.48. The number of hydrogen-bond donors (Lipinski definition) is 2. The molecule has 1 aromatic rings. The maximum atomic E-state index is 4.34. The van der Waals surface area contributed by atoms with Crippen LogP contribution < -0.4 is 10.6 Å². The highest BCUT2D eigenvalue weighted by atomic mass is 15.3. The van der Waals surface area contributed by atoms with Gasteiger partial charge in [-0.3, -0.25) is 4.68 Å². The van der Waals surface area contributed by atoms with Crippen molar-refractivity contribution in [2.75, 3.05) is 6.54 Å². The summed E-state index contributed by atoms with van der Waals surface area (Å²) in [6.07, 6.45) is 0. The van der Waals surface area contributed by atoms with Gasteiger partial charge in [-0.1, -0.05) is 0 Å².